The Morgan fingerprint density at radius 3 is 2.19 bits per heavy atom. The molecule has 0 radical (unpaired) electrons. The van der Waals surface area contributed by atoms with Gasteiger partial charge in [0, 0.05) is 57.7 Å². The molecule has 1 aliphatic heterocycles. The van der Waals surface area contributed by atoms with Crippen molar-refractivity contribution >= 4 is 27.6 Å². The minimum atomic E-state index is -3.85. The molecule has 0 atom stereocenters. The number of hydrogen-bond acceptors (Lipinski definition) is 8. The van der Waals surface area contributed by atoms with E-state index in [0.717, 1.165) is 38.0 Å². The second-order valence-electron chi connectivity index (χ2n) is 12.0. The predicted octanol–water partition coefficient (Wildman–Crippen LogP) is 4.83. The first-order valence-electron chi connectivity index (χ1n) is 14.5. The van der Waals surface area contributed by atoms with E-state index in [1.54, 1.807) is 59.1 Å². The van der Waals surface area contributed by atoms with Gasteiger partial charge in [0.15, 0.2) is 5.78 Å². The maximum Gasteiger partial charge on any atom is 0.410 e. The molecule has 1 aromatic heterocycles. The van der Waals surface area contributed by atoms with Gasteiger partial charge in [0.1, 0.15) is 11.4 Å². The van der Waals surface area contributed by atoms with Crippen molar-refractivity contribution in [2.75, 3.05) is 51.8 Å². The number of sulfonamides is 1. The summed E-state index contributed by atoms with van der Waals surface area (Å²) in [5.74, 6) is 0.958. The number of amides is 1. The van der Waals surface area contributed by atoms with Crippen LogP contribution in [0.2, 0.25) is 0 Å². The number of pyridine rings is 1. The van der Waals surface area contributed by atoms with E-state index in [1.807, 2.05) is 12.1 Å². The molecule has 1 amide bonds. The van der Waals surface area contributed by atoms with Crippen LogP contribution in [0.25, 0.3) is 0 Å². The topological polar surface area (TPSA) is 109 Å². The van der Waals surface area contributed by atoms with Crippen molar-refractivity contribution in [3.63, 3.8) is 0 Å². The molecule has 2 aromatic rings. The first kappa shape index (κ1) is 33.3. The van der Waals surface area contributed by atoms with Gasteiger partial charge in [-0.05, 0) is 95.2 Å². The summed E-state index contributed by atoms with van der Waals surface area (Å²) in [6.45, 7) is 10.5. The van der Waals surface area contributed by atoms with E-state index in [0.29, 0.717) is 29.2 Å². The number of ketones is 1. The lowest BCUT2D eigenvalue weighted by atomic mass is 9.91. The van der Waals surface area contributed by atoms with Crippen molar-refractivity contribution in [1.29, 1.82) is 0 Å². The van der Waals surface area contributed by atoms with E-state index >= 15 is 0 Å². The van der Waals surface area contributed by atoms with Crippen molar-refractivity contribution in [3.8, 4) is 5.75 Å². The number of ether oxygens (including phenoxy) is 2. The summed E-state index contributed by atoms with van der Waals surface area (Å²) in [5, 5.41) is 0. The molecule has 3 rings (SSSR count). The summed E-state index contributed by atoms with van der Waals surface area (Å²) in [5.41, 5.74) is 1.56. The Balaban J connectivity index is 1.60. The van der Waals surface area contributed by atoms with Crippen LogP contribution in [-0.2, 0) is 19.6 Å². The van der Waals surface area contributed by atoms with Crippen LogP contribution >= 0.6 is 0 Å². The maximum atomic E-state index is 13.5. The highest BCUT2D eigenvalue weighted by Crippen LogP contribution is 2.28. The number of benzene rings is 1. The molecule has 0 unspecified atom stereocenters. The van der Waals surface area contributed by atoms with Crippen LogP contribution in [0.3, 0.4) is 0 Å². The number of rotatable bonds is 12. The number of methoxy groups -OCH3 is 1. The zero-order chi connectivity index (χ0) is 31.1. The quantitative estimate of drug-likeness (QED) is 0.340. The number of carbonyl (C=O) groups is 2. The van der Waals surface area contributed by atoms with E-state index in [-0.39, 0.29) is 30.3 Å². The van der Waals surface area contributed by atoms with Crippen LogP contribution in [-0.4, -0.2) is 87.0 Å². The van der Waals surface area contributed by atoms with Crippen molar-refractivity contribution in [3.05, 3.63) is 47.8 Å². The van der Waals surface area contributed by atoms with Gasteiger partial charge in [-0.15, -0.1) is 0 Å². The molecule has 1 saturated heterocycles. The van der Waals surface area contributed by atoms with E-state index in [2.05, 4.69) is 9.88 Å². The molecular weight excluding hydrogens is 556 g/mol. The Kier molecular flexibility index (Phi) is 11.4. The Bertz CT molecular complexity index is 1300. The average Bonchev–Trinajstić information content (AvgIpc) is 2.93. The van der Waals surface area contributed by atoms with Crippen LogP contribution in [0, 0.1) is 19.8 Å². The Morgan fingerprint density at radius 2 is 1.64 bits per heavy atom. The molecule has 0 spiro atoms. The van der Waals surface area contributed by atoms with Crippen LogP contribution in [0.15, 0.2) is 41.6 Å². The lowest BCUT2D eigenvalue weighted by Gasteiger charge is -2.33. The van der Waals surface area contributed by atoms with Crippen molar-refractivity contribution in [1.82, 2.24) is 14.2 Å². The van der Waals surface area contributed by atoms with Gasteiger partial charge in [-0.1, -0.05) is 0 Å². The molecule has 1 fully saturated rings. The lowest BCUT2D eigenvalue weighted by Crippen LogP contribution is -2.44. The van der Waals surface area contributed by atoms with E-state index in [4.69, 9.17) is 9.47 Å². The first-order valence-corrected chi connectivity index (χ1v) is 15.9. The number of aryl methyl sites for hydroxylation is 2. The number of piperidine rings is 1. The smallest absolute Gasteiger partial charge is 0.410 e. The summed E-state index contributed by atoms with van der Waals surface area (Å²) >= 11 is 0. The highest BCUT2D eigenvalue weighted by molar-refractivity contribution is 7.89. The Morgan fingerprint density at radius 1 is 1.05 bits per heavy atom. The minimum absolute atomic E-state index is 0.00717. The molecule has 42 heavy (non-hydrogen) atoms. The summed E-state index contributed by atoms with van der Waals surface area (Å²) in [7, 11) is -0.840. The van der Waals surface area contributed by atoms with Gasteiger partial charge in [0.25, 0.3) is 0 Å². The molecule has 0 saturated carbocycles. The van der Waals surface area contributed by atoms with Crippen molar-refractivity contribution in [2.45, 2.75) is 70.8 Å². The summed E-state index contributed by atoms with van der Waals surface area (Å²) in [4.78, 5) is 34.0. The summed E-state index contributed by atoms with van der Waals surface area (Å²) in [6, 6.07) is 7.39. The zero-order valence-electron chi connectivity index (χ0n) is 26.1. The van der Waals surface area contributed by atoms with Gasteiger partial charge < -0.3 is 14.4 Å². The average molecular weight is 603 g/mol. The van der Waals surface area contributed by atoms with Crippen LogP contribution in [0.1, 0.15) is 57.6 Å². The van der Waals surface area contributed by atoms with Crippen LogP contribution in [0.4, 0.5) is 10.5 Å². The van der Waals surface area contributed by atoms with Gasteiger partial charge in [0.05, 0.1) is 18.6 Å². The number of Topliss-reactive ketones (excluding diaryl/α,β-unsaturated/α-hetero) is 1. The second kappa shape index (κ2) is 14.3. The molecular formula is C31H46N4O6S. The lowest BCUT2D eigenvalue weighted by molar-refractivity contribution is -0.120. The number of aromatic nitrogens is 1. The molecule has 0 aliphatic carbocycles. The fourth-order valence-corrected chi connectivity index (χ4v) is 6.79. The van der Waals surface area contributed by atoms with Gasteiger partial charge in [0.2, 0.25) is 10.0 Å². The Hall–Kier alpha value is -3.18. The van der Waals surface area contributed by atoms with E-state index < -0.39 is 21.7 Å². The molecule has 1 aromatic carbocycles. The van der Waals surface area contributed by atoms with Gasteiger partial charge >= 0.3 is 6.09 Å². The molecule has 1 aliphatic rings. The number of hydrogen-bond donors (Lipinski definition) is 0. The molecule has 0 bridgehead atoms. The molecule has 2 heterocycles. The standard InChI is InChI=1S/C31H46N4O6S/c1-23-20-28(40-7)21-24(2)29(23)42(38,39)33(6)18-19-35(30(37)41-31(3,4)5)22-27(36)9-8-25-12-16-34(17-13-25)26-10-14-32-15-11-26/h10-11,14-15,20-21,25H,8-9,12-13,16-19,22H2,1-7H3. The normalized spacial score (nSPS) is 14.6. The zero-order valence-corrected chi connectivity index (χ0v) is 26.9. The number of anilines is 1. The summed E-state index contributed by atoms with van der Waals surface area (Å²) in [6.07, 6.45) is 6.07. The maximum absolute atomic E-state index is 13.5. The van der Waals surface area contributed by atoms with E-state index in [9.17, 15) is 18.0 Å². The highest BCUT2D eigenvalue weighted by Gasteiger charge is 2.29. The van der Waals surface area contributed by atoms with Gasteiger partial charge in [-0.2, -0.15) is 4.31 Å². The van der Waals surface area contributed by atoms with Crippen molar-refractivity contribution < 1.29 is 27.5 Å². The van der Waals surface area contributed by atoms with Crippen LogP contribution < -0.4 is 9.64 Å². The number of nitrogens with zero attached hydrogens (tertiary/aromatic N) is 4. The summed E-state index contributed by atoms with van der Waals surface area (Å²) < 4.78 is 39.0. The first-order chi connectivity index (χ1) is 19.7. The van der Waals surface area contributed by atoms with Crippen LogP contribution in [0.5, 0.6) is 5.75 Å². The van der Waals surface area contributed by atoms with Gasteiger partial charge in [-0.25, -0.2) is 13.2 Å². The highest BCUT2D eigenvalue weighted by atomic mass is 32.2. The third-order valence-corrected chi connectivity index (χ3v) is 9.68. The van der Waals surface area contributed by atoms with E-state index in [1.165, 1.54) is 23.4 Å². The van der Waals surface area contributed by atoms with Crippen molar-refractivity contribution in [2.24, 2.45) is 5.92 Å². The monoisotopic (exact) mass is 602 g/mol. The fraction of sp³-hybridized carbons (Fsp3) is 0.581. The fourth-order valence-electron chi connectivity index (χ4n) is 5.23. The third kappa shape index (κ3) is 9.16. The molecule has 10 nitrogen and oxygen atoms in total. The molecule has 232 valence electrons. The molecule has 0 N–H and O–H groups in total. The largest absolute Gasteiger partial charge is 0.497 e. The second-order valence-corrected chi connectivity index (χ2v) is 14.0. The number of carbonyl (C=O) groups excluding carboxylic acids is 2. The Labute approximate surface area is 251 Å². The van der Waals surface area contributed by atoms with Gasteiger partial charge in [-0.3, -0.25) is 14.7 Å². The predicted molar refractivity (Wildman–Crippen MR) is 164 cm³/mol. The minimum Gasteiger partial charge on any atom is -0.497 e. The third-order valence-electron chi connectivity index (χ3n) is 7.52. The molecule has 11 heteroatoms. The SMILES string of the molecule is COc1cc(C)c(S(=O)(=O)N(C)CCN(CC(=O)CCC2CCN(c3ccncc3)CC2)C(=O)OC(C)(C)C)c(C)c1. The number of likely N-dealkylation sites (N-methyl/N-ethyl adjacent to an activating group) is 1.